The molecule has 1 fully saturated rings. The van der Waals surface area contributed by atoms with Crippen LogP contribution in [0.3, 0.4) is 0 Å². The van der Waals surface area contributed by atoms with E-state index in [2.05, 4.69) is 37.4 Å². The summed E-state index contributed by atoms with van der Waals surface area (Å²) < 4.78 is 6.00. The number of nitrogens with zero attached hydrogens (tertiary/aromatic N) is 1. The number of hydrogen-bond acceptors (Lipinski definition) is 3. The fourth-order valence-electron chi connectivity index (χ4n) is 3.00. The molecule has 0 aromatic heterocycles. The van der Waals surface area contributed by atoms with Crippen LogP contribution in [0.5, 0.6) is 5.75 Å². The lowest BCUT2D eigenvalue weighted by Gasteiger charge is -2.33. The fraction of sp³-hybridized carbons (Fsp3) is 0.632. The minimum atomic E-state index is -0.462. The van der Waals surface area contributed by atoms with Gasteiger partial charge in [0, 0.05) is 13.1 Å². The summed E-state index contributed by atoms with van der Waals surface area (Å²) in [5.41, 5.74) is 2.30. The largest absolute Gasteiger partial charge is 0.481 e. The first-order valence-corrected chi connectivity index (χ1v) is 8.64. The molecule has 0 spiro atoms. The van der Waals surface area contributed by atoms with Gasteiger partial charge >= 0.3 is 0 Å². The van der Waals surface area contributed by atoms with Crippen molar-refractivity contribution in [3.05, 3.63) is 29.3 Å². The molecule has 128 valence electrons. The van der Waals surface area contributed by atoms with Crippen LogP contribution in [0.1, 0.15) is 50.7 Å². The zero-order valence-electron chi connectivity index (χ0n) is 15.1. The van der Waals surface area contributed by atoms with Crippen LogP contribution in [0.4, 0.5) is 0 Å². The maximum Gasteiger partial charge on any atom is 0.263 e. The van der Waals surface area contributed by atoms with Gasteiger partial charge in [-0.3, -0.25) is 4.79 Å². The molecule has 1 atom stereocenters. The van der Waals surface area contributed by atoms with Crippen LogP contribution in [0.25, 0.3) is 0 Å². The van der Waals surface area contributed by atoms with Crippen molar-refractivity contribution in [2.45, 2.75) is 58.6 Å². The predicted molar refractivity (Wildman–Crippen MR) is 94.0 cm³/mol. The van der Waals surface area contributed by atoms with Gasteiger partial charge < -0.3 is 15.0 Å². The Balaban J connectivity index is 2.04. The van der Waals surface area contributed by atoms with Gasteiger partial charge in [0.05, 0.1) is 0 Å². The van der Waals surface area contributed by atoms with E-state index < -0.39 is 6.10 Å². The van der Waals surface area contributed by atoms with E-state index in [-0.39, 0.29) is 5.91 Å². The van der Waals surface area contributed by atoms with Crippen molar-refractivity contribution in [1.29, 1.82) is 0 Å². The zero-order chi connectivity index (χ0) is 17.0. The Bertz CT molecular complexity index is 536. The maximum atomic E-state index is 12.7. The quantitative estimate of drug-likeness (QED) is 0.907. The first-order chi connectivity index (χ1) is 10.9. The van der Waals surface area contributed by atoms with Gasteiger partial charge in [-0.1, -0.05) is 26.0 Å². The van der Waals surface area contributed by atoms with E-state index in [0.717, 1.165) is 37.2 Å². The Morgan fingerprint density at radius 2 is 1.91 bits per heavy atom. The third-order valence-corrected chi connectivity index (χ3v) is 4.73. The number of carbonyl (C=O) groups is 1. The second-order valence-electron chi connectivity index (χ2n) is 6.87. The predicted octanol–water partition coefficient (Wildman–Crippen LogP) is 3.10. The minimum Gasteiger partial charge on any atom is -0.481 e. The van der Waals surface area contributed by atoms with Crippen molar-refractivity contribution in [3.8, 4) is 5.75 Å². The molecule has 0 radical (unpaired) electrons. The summed E-state index contributed by atoms with van der Waals surface area (Å²) in [6.07, 6.45) is 1.56. The Labute approximate surface area is 140 Å². The second-order valence-corrected chi connectivity index (χ2v) is 6.87. The standard InChI is InChI=1S/C19H30N2O2/c1-13(2)16-7-6-14(3)18(12-16)23-15(4)19(22)21(5)17-8-10-20-11-9-17/h6-7,12-13,15,17,20H,8-11H2,1-5H3. The number of hydrogen-bond donors (Lipinski definition) is 1. The van der Waals surface area contributed by atoms with Crippen LogP contribution >= 0.6 is 0 Å². The molecule has 23 heavy (non-hydrogen) atoms. The molecule has 1 aromatic carbocycles. The maximum absolute atomic E-state index is 12.7. The third-order valence-electron chi connectivity index (χ3n) is 4.73. The van der Waals surface area contributed by atoms with Crippen LogP contribution in [0.2, 0.25) is 0 Å². The average molecular weight is 318 g/mol. The first kappa shape index (κ1) is 17.8. The molecular formula is C19H30N2O2. The number of ether oxygens (including phenoxy) is 1. The second kappa shape index (κ2) is 7.82. The number of amides is 1. The number of piperidine rings is 1. The van der Waals surface area contributed by atoms with Crippen LogP contribution in [0.15, 0.2) is 18.2 Å². The molecule has 2 rings (SSSR count). The molecule has 4 nitrogen and oxygen atoms in total. The van der Waals surface area contributed by atoms with Crippen LogP contribution in [0, 0.1) is 6.92 Å². The highest BCUT2D eigenvalue weighted by molar-refractivity contribution is 5.81. The molecule has 1 amide bonds. The molecule has 1 saturated heterocycles. The molecule has 1 aromatic rings. The van der Waals surface area contributed by atoms with Gasteiger partial charge in [-0.25, -0.2) is 0 Å². The van der Waals surface area contributed by atoms with Gasteiger partial charge in [-0.15, -0.1) is 0 Å². The van der Waals surface area contributed by atoms with E-state index in [9.17, 15) is 4.79 Å². The fourth-order valence-corrected chi connectivity index (χ4v) is 3.00. The highest BCUT2D eigenvalue weighted by atomic mass is 16.5. The molecule has 1 N–H and O–H groups in total. The van der Waals surface area contributed by atoms with E-state index in [1.54, 1.807) is 0 Å². The van der Waals surface area contributed by atoms with Crippen LogP contribution in [-0.4, -0.2) is 43.1 Å². The summed E-state index contributed by atoms with van der Waals surface area (Å²) in [7, 11) is 1.90. The highest BCUT2D eigenvalue weighted by Gasteiger charge is 2.26. The molecular weight excluding hydrogens is 288 g/mol. The summed E-state index contributed by atoms with van der Waals surface area (Å²) in [6, 6.07) is 6.57. The van der Waals surface area contributed by atoms with Gasteiger partial charge in [-0.05, 0) is 62.9 Å². The van der Waals surface area contributed by atoms with E-state index in [1.165, 1.54) is 5.56 Å². The van der Waals surface area contributed by atoms with Crippen molar-refractivity contribution in [1.82, 2.24) is 10.2 Å². The molecule has 1 aliphatic heterocycles. The number of benzene rings is 1. The highest BCUT2D eigenvalue weighted by Crippen LogP contribution is 2.25. The third kappa shape index (κ3) is 4.47. The van der Waals surface area contributed by atoms with Crippen molar-refractivity contribution >= 4 is 5.91 Å². The molecule has 1 unspecified atom stereocenters. The summed E-state index contributed by atoms with van der Waals surface area (Å²) in [6.45, 7) is 10.1. The molecule has 4 heteroatoms. The van der Waals surface area contributed by atoms with Crippen LogP contribution in [-0.2, 0) is 4.79 Å². The van der Waals surface area contributed by atoms with Gasteiger partial charge in [0.1, 0.15) is 5.75 Å². The average Bonchev–Trinajstić information content (AvgIpc) is 2.56. The molecule has 1 heterocycles. The number of nitrogens with one attached hydrogen (secondary N) is 1. The van der Waals surface area contributed by atoms with Crippen molar-refractivity contribution in [2.75, 3.05) is 20.1 Å². The Morgan fingerprint density at radius 3 is 2.52 bits per heavy atom. The number of likely N-dealkylation sites (N-methyl/N-ethyl adjacent to an activating group) is 1. The smallest absolute Gasteiger partial charge is 0.263 e. The van der Waals surface area contributed by atoms with Crippen molar-refractivity contribution in [2.24, 2.45) is 0 Å². The van der Waals surface area contributed by atoms with Gasteiger partial charge in [0.2, 0.25) is 0 Å². The number of aryl methyl sites for hydroxylation is 1. The Kier molecular flexibility index (Phi) is 6.05. The first-order valence-electron chi connectivity index (χ1n) is 8.64. The molecule has 0 aliphatic carbocycles. The minimum absolute atomic E-state index is 0.0613. The lowest BCUT2D eigenvalue weighted by atomic mass is 10.0. The van der Waals surface area contributed by atoms with E-state index in [4.69, 9.17) is 4.74 Å². The molecule has 0 bridgehead atoms. The van der Waals surface area contributed by atoms with Crippen LogP contribution < -0.4 is 10.1 Å². The summed E-state index contributed by atoms with van der Waals surface area (Å²) in [4.78, 5) is 14.5. The van der Waals surface area contributed by atoms with E-state index in [0.29, 0.717) is 12.0 Å². The zero-order valence-corrected chi connectivity index (χ0v) is 15.1. The van der Waals surface area contributed by atoms with E-state index in [1.807, 2.05) is 25.8 Å². The summed E-state index contributed by atoms with van der Waals surface area (Å²) in [5.74, 6) is 1.32. The van der Waals surface area contributed by atoms with E-state index >= 15 is 0 Å². The SMILES string of the molecule is Cc1ccc(C(C)C)cc1OC(C)C(=O)N(C)C1CCNCC1. The van der Waals surface area contributed by atoms with Gasteiger partial charge in [-0.2, -0.15) is 0 Å². The number of rotatable bonds is 5. The molecule has 0 saturated carbocycles. The lowest BCUT2D eigenvalue weighted by molar-refractivity contribution is -0.139. The molecule has 1 aliphatic rings. The topological polar surface area (TPSA) is 41.6 Å². The van der Waals surface area contributed by atoms with Gasteiger partial charge in [0.25, 0.3) is 5.91 Å². The van der Waals surface area contributed by atoms with Crippen molar-refractivity contribution < 1.29 is 9.53 Å². The normalized spacial score (nSPS) is 17.1. The summed E-state index contributed by atoms with van der Waals surface area (Å²) >= 11 is 0. The monoisotopic (exact) mass is 318 g/mol. The number of carbonyl (C=O) groups excluding carboxylic acids is 1. The summed E-state index contributed by atoms with van der Waals surface area (Å²) in [5, 5.41) is 3.33. The van der Waals surface area contributed by atoms with Crippen molar-refractivity contribution in [3.63, 3.8) is 0 Å². The van der Waals surface area contributed by atoms with Gasteiger partial charge in [0.15, 0.2) is 6.10 Å². The Hall–Kier alpha value is -1.55. The Morgan fingerprint density at radius 1 is 1.26 bits per heavy atom. The lowest BCUT2D eigenvalue weighted by Crippen LogP contribution is -2.48.